The second kappa shape index (κ2) is 5.46. The second-order valence-electron chi connectivity index (χ2n) is 3.12. The minimum atomic E-state index is -1.03. The zero-order valence-electron chi connectivity index (χ0n) is 8.30. The molecule has 0 unspecified atom stereocenters. The lowest BCUT2D eigenvalue weighted by atomic mass is 10.1. The number of carbonyl (C=O) groups is 2. The Kier molecular flexibility index (Phi) is 4.25. The van der Waals surface area contributed by atoms with E-state index >= 15 is 0 Å². The van der Waals surface area contributed by atoms with E-state index in [0.29, 0.717) is 6.42 Å². The molecule has 0 heterocycles. The van der Waals surface area contributed by atoms with Crippen LogP contribution in [0.4, 0.5) is 4.39 Å². The van der Waals surface area contributed by atoms with Gasteiger partial charge in [0.2, 0.25) is 0 Å². The molecule has 1 aromatic carbocycles. The van der Waals surface area contributed by atoms with Crippen LogP contribution in [0.15, 0.2) is 18.2 Å². The number of nitrogens with two attached hydrogens (primary N) is 1. The lowest BCUT2D eigenvalue weighted by Crippen LogP contribution is -2.37. The van der Waals surface area contributed by atoms with Crippen LogP contribution in [-0.2, 0) is 16.0 Å². The quantitative estimate of drug-likeness (QED) is 0.766. The Balaban J connectivity index is 2.46. The number of rotatable bonds is 3. The number of hydrogen-bond acceptors (Lipinski definition) is 2. The molecule has 0 saturated carbocycles. The first kappa shape index (κ1) is 12.4. The maximum atomic E-state index is 12.8. The Morgan fingerprint density at radius 3 is 2.69 bits per heavy atom. The van der Waals surface area contributed by atoms with Gasteiger partial charge in [0.1, 0.15) is 5.82 Å². The predicted octanol–water partition coefficient (Wildman–Crippen LogP) is 0.623. The fraction of sp³-hybridized carbons (Fsp3) is 0.200. The summed E-state index contributed by atoms with van der Waals surface area (Å²) >= 11 is 5.57. The van der Waals surface area contributed by atoms with Crippen molar-refractivity contribution in [3.05, 3.63) is 34.6 Å². The topological polar surface area (TPSA) is 72.2 Å². The molecule has 0 aliphatic carbocycles. The van der Waals surface area contributed by atoms with E-state index in [1.54, 1.807) is 6.07 Å². The summed E-state index contributed by atoms with van der Waals surface area (Å²) in [5.74, 6) is -2.36. The van der Waals surface area contributed by atoms with Crippen molar-refractivity contribution < 1.29 is 14.0 Å². The average Bonchev–Trinajstić information content (AvgIpc) is 2.23. The molecular weight excluding hydrogens is 235 g/mol. The molecule has 0 saturated heterocycles. The van der Waals surface area contributed by atoms with Crippen LogP contribution in [0.2, 0.25) is 5.02 Å². The van der Waals surface area contributed by atoms with Crippen molar-refractivity contribution in [1.82, 2.24) is 5.32 Å². The third-order valence-corrected chi connectivity index (χ3v) is 2.20. The minimum absolute atomic E-state index is 0.0266. The highest BCUT2D eigenvalue weighted by molar-refractivity contribution is 6.34. The summed E-state index contributed by atoms with van der Waals surface area (Å²) in [5.41, 5.74) is 5.50. The van der Waals surface area contributed by atoms with Crippen LogP contribution in [0.3, 0.4) is 0 Å². The van der Waals surface area contributed by atoms with E-state index in [2.05, 4.69) is 5.32 Å². The third kappa shape index (κ3) is 3.51. The molecule has 0 bridgehead atoms. The number of carbonyl (C=O) groups excluding carboxylic acids is 2. The van der Waals surface area contributed by atoms with Gasteiger partial charge in [0, 0.05) is 6.54 Å². The highest BCUT2D eigenvalue weighted by Crippen LogP contribution is 2.15. The molecule has 16 heavy (non-hydrogen) atoms. The molecule has 0 atom stereocenters. The summed E-state index contributed by atoms with van der Waals surface area (Å²) in [6, 6.07) is 4.26. The van der Waals surface area contributed by atoms with Crippen molar-refractivity contribution in [1.29, 1.82) is 0 Å². The van der Waals surface area contributed by atoms with Crippen molar-refractivity contribution >= 4 is 23.4 Å². The van der Waals surface area contributed by atoms with E-state index in [1.165, 1.54) is 12.1 Å². The zero-order valence-corrected chi connectivity index (χ0v) is 9.05. The maximum Gasteiger partial charge on any atom is 0.309 e. The van der Waals surface area contributed by atoms with Crippen LogP contribution in [0, 0.1) is 5.82 Å². The monoisotopic (exact) mass is 244 g/mol. The Hall–Kier alpha value is -1.62. The van der Waals surface area contributed by atoms with Crippen LogP contribution in [-0.4, -0.2) is 18.4 Å². The number of benzene rings is 1. The van der Waals surface area contributed by atoms with Crippen LogP contribution in [0.5, 0.6) is 0 Å². The summed E-state index contributed by atoms with van der Waals surface area (Å²) in [6.07, 6.45) is 0.443. The van der Waals surface area contributed by atoms with Gasteiger partial charge in [0.25, 0.3) is 0 Å². The minimum Gasteiger partial charge on any atom is -0.361 e. The fourth-order valence-corrected chi connectivity index (χ4v) is 1.31. The molecule has 0 aliphatic rings. The van der Waals surface area contributed by atoms with Gasteiger partial charge in [-0.05, 0) is 24.1 Å². The van der Waals surface area contributed by atoms with Crippen molar-refractivity contribution in [3.8, 4) is 0 Å². The Morgan fingerprint density at radius 1 is 1.44 bits per heavy atom. The largest absolute Gasteiger partial charge is 0.361 e. The summed E-state index contributed by atoms with van der Waals surface area (Å²) in [5, 5.41) is 2.34. The molecule has 0 fully saturated rings. The number of halogens is 2. The maximum absolute atomic E-state index is 12.8. The highest BCUT2D eigenvalue weighted by Gasteiger charge is 2.07. The lowest BCUT2D eigenvalue weighted by Gasteiger charge is -2.03. The van der Waals surface area contributed by atoms with E-state index < -0.39 is 17.6 Å². The van der Waals surface area contributed by atoms with Gasteiger partial charge in [-0.2, -0.15) is 0 Å². The van der Waals surface area contributed by atoms with Crippen LogP contribution < -0.4 is 11.1 Å². The van der Waals surface area contributed by atoms with Crippen molar-refractivity contribution in [2.45, 2.75) is 6.42 Å². The van der Waals surface area contributed by atoms with Gasteiger partial charge >= 0.3 is 11.8 Å². The van der Waals surface area contributed by atoms with Crippen molar-refractivity contribution in [3.63, 3.8) is 0 Å². The van der Waals surface area contributed by atoms with Crippen molar-refractivity contribution in [2.75, 3.05) is 6.54 Å². The first-order chi connectivity index (χ1) is 7.50. The Morgan fingerprint density at radius 2 is 2.12 bits per heavy atom. The van der Waals surface area contributed by atoms with Crippen LogP contribution in [0.25, 0.3) is 0 Å². The van der Waals surface area contributed by atoms with Crippen LogP contribution in [0.1, 0.15) is 5.56 Å². The summed E-state index contributed by atoms with van der Waals surface area (Å²) in [7, 11) is 0. The third-order valence-electron chi connectivity index (χ3n) is 1.91. The summed E-state index contributed by atoms with van der Waals surface area (Å²) in [6.45, 7) is 0.240. The van der Waals surface area contributed by atoms with Gasteiger partial charge in [0.15, 0.2) is 0 Å². The molecule has 0 radical (unpaired) electrons. The first-order valence-corrected chi connectivity index (χ1v) is 4.90. The standard InChI is InChI=1S/C10H10ClFN2O2/c11-7-5-6(1-2-8(7)12)3-4-14-10(16)9(13)15/h1-2,5H,3-4H2,(H2,13,15)(H,14,16). The van der Waals surface area contributed by atoms with Gasteiger partial charge in [0.05, 0.1) is 5.02 Å². The van der Waals surface area contributed by atoms with Crippen LogP contribution >= 0.6 is 11.6 Å². The Bertz CT molecular complexity index is 423. The van der Waals surface area contributed by atoms with E-state index in [-0.39, 0.29) is 11.6 Å². The molecule has 0 aromatic heterocycles. The molecule has 0 spiro atoms. The second-order valence-corrected chi connectivity index (χ2v) is 3.53. The lowest BCUT2D eigenvalue weighted by molar-refractivity contribution is -0.137. The van der Waals surface area contributed by atoms with E-state index in [4.69, 9.17) is 17.3 Å². The summed E-state index contributed by atoms with van der Waals surface area (Å²) in [4.78, 5) is 21.2. The number of hydrogen-bond donors (Lipinski definition) is 2. The molecule has 3 N–H and O–H groups in total. The molecule has 1 aromatic rings. The molecule has 6 heteroatoms. The average molecular weight is 245 g/mol. The van der Waals surface area contributed by atoms with E-state index in [0.717, 1.165) is 5.56 Å². The van der Waals surface area contributed by atoms with Gasteiger partial charge in [-0.3, -0.25) is 9.59 Å². The highest BCUT2D eigenvalue weighted by atomic mass is 35.5. The molecule has 1 rings (SSSR count). The van der Waals surface area contributed by atoms with Crippen molar-refractivity contribution in [2.24, 2.45) is 5.73 Å². The van der Waals surface area contributed by atoms with Gasteiger partial charge < -0.3 is 11.1 Å². The van der Waals surface area contributed by atoms with E-state index in [9.17, 15) is 14.0 Å². The normalized spacial score (nSPS) is 9.88. The molecule has 86 valence electrons. The zero-order chi connectivity index (χ0) is 12.1. The predicted molar refractivity (Wildman–Crippen MR) is 57.3 cm³/mol. The molecule has 2 amide bonds. The Labute approximate surface area is 96.6 Å². The summed E-state index contributed by atoms with van der Waals surface area (Å²) < 4.78 is 12.8. The van der Waals surface area contributed by atoms with Gasteiger partial charge in [-0.15, -0.1) is 0 Å². The number of primary amides is 1. The SMILES string of the molecule is NC(=O)C(=O)NCCc1ccc(F)c(Cl)c1. The first-order valence-electron chi connectivity index (χ1n) is 4.52. The van der Waals surface area contributed by atoms with Gasteiger partial charge in [-0.1, -0.05) is 17.7 Å². The van der Waals surface area contributed by atoms with Gasteiger partial charge in [-0.25, -0.2) is 4.39 Å². The molecular formula is C10H10ClFN2O2. The molecule has 4 nitrogen and oxygen atoms in total. The molecule has 0 aliphatic heterocycles. The fourth-order valence-electron chi connectivity index (χ4n) is 1.10. The number of amides is 2. The smallest absolute Gasteiger partial charge is 0.309 e. The van der Waals surface area contributed by atoms with E-state index in [1.807, 2.05) is 0 Å². The number of nitrogens with one attached hydrogen (secondary N) is 1.